The van der Waals surface area contributed by atoms with E-state index in [0.717, 1.165) is 29.7 Å². The number of hydrogen-bond acceptors (Lipinski definition) is 4. The standard InChI is InChI=1S/C13H17N5/c1-14-11-8-17-5-4-15-12(17)13(16-11)18-7-9-2-3-10(18)6-9/h4-5,8-10,14H,2-3,6-7H2,1H3. The Balaban J connectivity index is 1.85. The van der Waals surface area contributed by atoms with E-state index in [2.05, 4.69) is 19.6 Å². The number of fused-ring (bicyclic) bond motifs is 3. The molecule has 1 aliphatic heterocycles. The quantitative estimate of drug-likeness (QED) is 0.873. The molecule has 0 aromatic carbocycles. The highest BCUT2D eigenvalue weighted by molar-refractivity contribution is 5.68. The van der Waals surface area contributed by atoms with Crippen molar-refractivity contribution in [2.45, 2.75) is 25.3 Å². The number of rotatable bonds is 2. The summed E-state index contributed by atoms with van der Waals surface area (Å²) in [7, 11) is 1.91. The van der Waals surface area contributed by atoms with Crippen molar-refractivity contribution in [3.8, 4) is 0 Å². The van der Waals surface area contributed by atoms with Crippen molar-refractivity contribution in [1.82, 2.24) is 14.4 Å². The average molecular weight is 243 g/mol. The molecule has 0 radical (unpaired) electrons. The summed E-state index contributed by atoms with van der Waals surface area (Å²) in [4.78, 5) is 11.6. The maximum atomic E-state index is 4.72. The Morgan fingerprint density at radius 1 is 1.39 bits per heavy atom. The molecule has 2 atom stereocenters. The minimum absolute atomic E-state index is 0.676. The zero-order chi connectivity index (χ0) is 12.1. The minimum Gasteiger partial charge on any atom is -0.372 e. The van der Waals surface area contributed by atoms with E-state index in [0.29, 0.717) is 6.04 Å². The van der Waals surface area contributed by atoms with Gasteiger partial charge in [0.2, 0.25) is 0 Å². The fourth-order valence-electron chi connectivity index (χ4n) is 3.41. The van der Waals surface area contributed by atoms with Gasteiger partial charge in [0, 0.05) is 32.0 Å². The zero-order valence-electron chi connectivity index (χ0n) is 10.5. The molecule has 2 aromatic heterocycles. The highest BCUT2D eigenvalue weighted by Gasteiger charge is 2.39. The number of anilines is 2. The summed E-state index contributed by atoms with van der Waals surface area (Å²) < 4.78 is 2.06. The van der Waals surface area contributed by atoms with Crippen LogP contribution in [-0.4, -0.2) is 34.0 Å². The normalized spacial score (nSPS) is 26.2. The van der Waals surface area contributed by atoms with Crippen LogP contribution in [0.4, 0.5) is 11.6 Å². The van der Waals surface area contributed by atoms with Crippen molar-refractivity contribution < 1.29 is 0 Å². The summed E-state index contributed by atoms with van der Waals surface area (Å²) >= 11 is 0. The molecule has 1 saturated carbocycles. The number of aromatic nitrogens is 3. The lowest BCUT2D eigenvalue weighted by atomic mass is 10.1. The fraction of sp³-hybridized carbons (Fsp3) is 0.538. The molecule has 2 aromatic rings. The van der Waals surface area contributed by atoms with Crippen LogP contribution in [0.15, 0.2) is 18.6 Å². The van der Waals surface area contributed by atoms with Crippen LogP contribution in [0.2, 0.25) is 0 Å². The molecule has 1 aliphatic carbocycles. The van der Waals surface area contributed by atoms with Crippen LogP contribution in [-0.2, 0) is 0 Å². The Morgan fingerprint density at radius 2 is 2.33 bits per heavy atom. The zero-order valence-corrected chi connectivity index (χ0v) is 10.5. The van der Waals surface area contributed by atoms with E-state index >= 15 is 0 Å². The monoisotopic (exact) mass is 243 g/mol. The lowest BCUT2D eigenvalue weighted by Crippen LogP contribution is -2.33. The van der Waals surface area contributed by atoms with Crippen LogP contribution < -0.4 is 10.2 Å². The van der Waals surface area contributed by atoms with E-state index in [1.165, 1.54) is 19.3 Å². The molecule has 3 heterocycles. The first-order chi connectivity index (χ1) is 8.85. The van der Waals surface area contributed by atoms with E-state index in [-0.39, 0.29) is 0 Å². The fourth-order valence-corrected chi connectivity index (χ4v) is 3.41. The van der Waals surface area contributed by atoms with Crippen LogP contribution >= 0.6 is 0 Å². The van der Waals surface area contributed by atoms with Crippen molar-refractivity contribution in [2.75, 3.05) is 23.8 Å². The molecule has 0 amide bonds. The summed E-state index contributed by atoms with van der Waals surface area (Å²) in [5, 5.41) is 3.13. The molecule has 18 heavy (non-hydrogen) atoms. The van der Waals surface area contributed by atoms with Crippen LogP contribution in [0.1, 0.15) is 19.3 Å². The van der Waals surface area contributed by atoms with Gasteiger partial charge in [0.25, 0.3) is 0 Å². The van der Waals surface area contributed by atoms with Gasteiger partial charge in [-0.2, -0.15) is 0 Å². The van der Waals surface area contributed by atoms with Gasteiger partial charge in [-0.25, -0.2) is 9.97 Å². The van der Waals surface area contributed by atoms with Crippen molar-refractivity contribution in [1.29, 1.82) is 0 Å². The van der Waals surface area contributed by atoms with Gasteiger partial charge in [0.15, 0.2) is 11.5 Å². The van der Waals surface area contributed by atoms with Crippen molar-refractivity contribution in [2.24, 2.45) is 5.92 Å². The maximum absolute atomic E-state index is 4.72. The van der Waals surface area contributed by atoms with Crippen molar-refractivity contribution in [3.05, 3.63) is 18.6 Å². The maximum Gasteiger partial charge on any atom is 0.180 e. The topological polar surface area (TPSA) is 45.5 Å². The van der Waals surface area contributed by atoms with Gasteiger partial charge in [0.05, 0.1) is 6.20 Å². The van der Waals surface area contributed by atoms with Gasteiger partial charge in [-0.1, -0.05) is 0 Å². The first kappa shape index (κ1) is 10.2. The average Bonchev–Trinajstić information content (AvgIpc) is 3.12. The molecule has 5 heteroatoms. The SMILES string of the molecule is CNc1cn2ccnc2c(N2CC3CCC2C3)n1. The molecular weight excluding hydrogens is 226 g/mol. The first-order valence-corrected chi connectivity index (χ1v) is 6.63. The molecule has 0 spiro atoms. The van der Waals surface area contributed by atoms with Gasteiger partial charge in [-0.15, -0.1) is 0 Å². The third kappa shape index (κ3) is 1.33. The van der Waals surface area contributed by atoms with Gasteiger partial charge < -0.3 is 14.6 Å². The second-order valence-corrected chi connectivity index (χ2v) is 5.34. The predicted octanol–water partition coefficient (Wildman–Crippen LogP) is 1.76. The molecule has 2 fully saturated rings. The van der Waals surface area contributed by atoms with Crippen molar-refractivity contribution in [3.63, 3.8) is 0 Å². The van der Waals surface area contributed by atoms with Crippen LogP contribution in [0.5, 0.6) is 0 Å². The van der Waals surface area contributed by atoms with E-state index in [4.69, 9.17) is 4.98 Å². The number of nitrogens with one attached hydrogen (secondary N) is 1. The molecule has 1 N–H and O–H groups in total. The van der Waals surface area contributed by atoms with Gasteiger partial charge >= 0.3 is 0 Å². The van der Waals surface area contributed by atoms with E-state index in [1.807, 2.05) is 25.6 Å². The van der Waals surface area contributed by atoms with E-state index in [9.17, 15) is 0 Å². The predicted molar refractivity (Wildman–Crippen MR) is 71.0 cm³/mol. The Morgan fingerprint density at radius 3 is 3.06 bits per heavy atom. The molecule has 5 nitrogen and oxygen atoms in total. The molecule has 2 aliphatic rings. The van der Waals surface area contributed by atoms with E-state index < -0.39 is 0 Å². The van der Waals surface area contributed by atoms with Crippen LogP contribution in [0.3, 0.4) is 0 Å². The lowest BCUT2D eigenvalue weighted by molar-refractivity contribution is 0.551. The van der Waals surface area contributed by atoms with Gasteiger partial charge in [0.1, 0.15) is 5.82 Å². The van der Waals surface area contributed by atoms with Crippen LogP contribution in [0, 0.1) is 5.92 Å². The minimum atomic E-state index is 0.676. The molecule has 94 valence electrons. The molecular formula is C13H17N5. The third-order valence-corrected chi connectivity index (χ3v) is 4.29. The number of imidazole rings is 1. The Labute approximate surface area is 106 Å². The summed E-state index contributed by atoms with van der Waals surface area (Å²) in [6.45, 7) is 1.15. The Bertz CT molecular complexity index is 590. The highest BCUT2D eigenvalue weighted by atomic mass is 15.3. The van der Waals surface area contributed by atoms with Crippen LogP contribution in [0.25, 0.3) is 5.65 Å². The number of nitrogens with zero attached hydrogens (tertiary/aromatic N) is 4. The van der Waals surface area contributed by atoms with Gasteiger partial charge in [-0.3, -0.25) is 0 Å². The first-order valence-electron chi connectivity index (χ1n) is 6.63. The second-order valence-electron chi connectivity index (χ2n) is 5.34. The Hall–Kier alpha value is -1.78. The third-order valence-electron chi connectivity index (χ3n) is 4.29. The number of piperidine rings is 1. The molecule has 4 rings (SSSR count). The Kier molecular flexibility index (Phi) is 2.04. The molecule has 2 unspecified atom stereocenters. The summed E-state index contributed by atoms with van der Waals surface area (Å²) in [5.41, 5.74) is 0.974. The van der Waals surface area contributed by atoms with Crippen molar-refractivity contribution >= 4 is 17.3 Å². The summed E-state index contributed by atoms with van der Waals surface area (Å²) in [6, 6.07) is 0.676. The van der Waals surface area contributed by atoms with E-state index in [1.54, 1.807) is 0 Å². The van der Waals surface area contributed by atoms with Gasteiger partial charge in [-0.05, 0) is 25.2 Å². The largest absolute Gasteiger partial charge is 0.372 e. The molecule has 2 bridgehead atoms. The molecule has 1 saturated heterocycles. The summed E-state index contributed by atoms with van der Waals surface area (Å²) in [5.74, 6) is 2.81. The lowest BCUT2D eigenvalue weighted by Gasteiger charge is -2.28. The smallest absolute Gasteiger partial charge is 0.180 e. The number of hydrogen-bond donors (Lipinski definition) is 1. The highest BCUT2D eigenvalue weighted by Crippen LogP contribution is 2.40. The second kappa shape index (κ2) is 3.60. The summed E-state index contributed by atoms with van der Waals surface area (Å²) in [6.07, 6.45) is 9.84.